The number of nitrogens with one attached hydrogen (secondary N) is 2. The van der Waals surface area contributed by atoms with Gasteiger partial charge in [-0.1, -0.05) is 11.6 Å². The standard InChI is InChI=1S/C25H23F4N5O2/c1-14-2-3-20(18(6-14)25(27,28)29)34-17-8-19(26)21(32-12-17)13-33-23(36)24(4-5-24)9-22(35)15-7-16(30)11-31-10-15/h2-3,6-8,10-12,34H,4-5,9,13,30H2,1H3,(H,33,36). The van der Waals surface area contributed by atoms with Gasteiger partial charge in [-0.2, -0.15) is 13.2 Å². The fourth-order valence-electron chi connectivity index (χ4n) is 3.83. The van der Waals surface area contributed by atoms with Crippen molar-refractivity contribution in [1.82, 2.24) is 15.3 Å². The first-order valence-corrected chi connectivity index (χ1v) is 11.1. The fraction of sp³-hybridized carbons (Fsp3) is 0.280. The molecule has 0 saturated heterocycles. The molecule has 1 aliphatic carbocycles. The van der Waals surface area contributed by atoms with Crippen LogP contribution in [-0.4, -0.2) is 21.7 Å². The zero-order valence-corrected chi connectivity index (χ0v) is 19.2. The summed E-state index contributed by atoms with van der Waals surface area (Å²) in [4.78, 5) is 33.1. The first kappa shape index (κ1) is 25.1. The number of pyridine rings is 2. The second-order valence-corrected chi connectivity index (χ2v) is 8.89. The average molecular weight is 501 g/mol. The number of hydrogen-bond acceptors (Lipinski definition) is 6. The van der Waals surface area contributed by atoms with E-state index >= 15 is 0 Å². The highest BCUT2D eigenvalue weighted by molar-refractivity contribution is 6.01. The summed E-state index contributed by atoms with van der Waals surface area (Å²) in [6, 6.07) is 6.27. The van der Waals surface area contributed by atoms with Crippen LogP contribution in [0.4, 0.5) is 34.6 Å². The highest BCUT2D eigenvalue weighted by Gasteiger charge is 2.51. The summed E-state index contributed by atoms with van der Waals surface area (Å²) in [5.74, 6) is -1.46. The van der Waals surface area contributed by atoms with E-state index in [9.17, 15) is 27.2 Å². The van der Waals surface area contributed by atoms with Gasteiger partial charge in [0, 0.05) is 30.4 Å². The number of nitrogens with two attached hydrogens (primary N) is 1. The number of anilines is 3. The molecule has 0 atom stereocenters. The van der Waals surface area contributed by atoms with Gasteiger partial charge in [0.2, 0.25) is 5.91 Å². The van der Waals surface area contributed by atoms with E-state index in [1.54, 1.807) is 6.92 Å². The average Bonchev–Trinajstić information content (AvgIpc) is 3.59. The van der Waals surface area contributed by atoms with Crippen LogP contribution in [0.1, 0.15) is 46.4 Å². The van der Waals surface area contributed by atoms with Crippen LogP contribution in [0.2, 0.25) is 0 Å². The van der Waals surface area contributed by atoms with Crippen LogP contribution in [0, 0.1) is 18.2 Å². The van der Waals surface area contributed by atoms with Crippen molar-refractivity contribution < 1.29 is 27.2 Å². The van der Waals surface area contributed by atoms with Gasteiger partial charge in [-0.05, 0) is 38.0 Å². The molecule has 7 nitrogen and oxygen atoms in total. The van der Waals surface area contributed by atoms with Gasteiger partial charge in [0.1, 0.15) is 5.82 Å². The number of rotatable bonds is 8. The molecule has 1 aromatic carbocycles. The number of nitrogen functional groups attached to an aromatic ring is 1. The van der Waals surface area contributed by atoms with Gasteiger partial charge < -0.3 is 16.4 Å². The van der Waals surface area contributed by atoms with Gasteiger partial charge in [-0.25, -0.2) is 4.39 Å². The Bertz CT molecular complexity index is 1320. The monoisotopic (exact) mass is 501 g/mol. The fourth-order valence-corrected chi connectivity index (χ4v) is 3.83. The van der Waals surface area contributed by atoms with Crippen LogP contribution in [0.3, 0.4) is 0 Å². The minimum absolute atomic E-state index is 0.0249. The Morgan fingerprint density at radius 2 is 1.86 bits per heavy atom. The molecule has 11 heteroatoms. The summed E-state index contributed by atoms with van der Waals surface area (Å²) >= 11 is 0. The molecule has 0 unspecified atom stereocenters. The van der Waals surface area contributed by atoms with Crippen molar-refractivity contribution in [2.45, 2.75) is 38.9 Å². The number of carbonyl (C=O) groups excluding carboxylic acids is 2. The second-order valence-electron chi connectivity index (χ2n) is 8.89. The molecule has 2 heterocycles. The van der Waals surface area contributed by atoms with Crippen LogP contribution in [0.15, 0.2) is 48.9 Å². The van der Waals surface area contributed by atoms with Crippen LogP contribution < -0.4 is 16.4 Å². The van der Waals surface area contributed by atoms with Crippen molar-refractivity contribution in [3.63, 3.8) is 0 Å². The van der Waals surface area contributed by atoms with Crippen molar-refractivity contribution in [1.29, 1.82) is 0 Å². The third-order valence-corrected chi connectivity index (χ3v) is 6.01. The van der Waals surface area contributed by atoms with E-state index < -0.39 is 28.9 Å². The van der Waals surface area contributed by atoms with E-state index in [0.717, 1.165) is 12.1 Å². The number of carbonyl (C=O) groups is 2. The minimum atomic E-state index is -4.59. The number of aromatic nitrogens is 2. The van der Waals surface area contributed by atoms with E-state index in [1.165, 1.54) is 36.8 Å². The zero-order chi connectivity index (χ0) is 26.1. The first-order valence-electron chi connectivity index (χ1n) is 11.1. The Balaban J connectivity index is 1.39. The summed E-state index contributed by atoms with van der Waals surface area (Å²) < 4.78 is 54.7. The molecular weight excluding hydrogens is 478 g/mol. The van der Waals surface area contributed by atoms with Crippen molar-refractivity contribution in [2.75, 3.05) is 11.1 Å². The van der Waals surface area contributed by atoms with Gasteiger partial charge in [0.25, 0.3) is 0 Å². The zero-order valence-electron chi connectivity index (χ0n) is 19.2. The van der Waals surface area contributed by atoms with Gasteiger partial charge in [0.15, 0.2) is 5.78 Å². The Morgan fingerprint density at radius 3 is 2.50 bits per heavy atom. The molecule has 1 aliphatic rings. The van der Waals surface area contributed by atoms with E-state index in [2.05, 4.69) is 20.6 Å². The maximum atomic E-state index is 14.6. The summed E-state index contributed by atoms with van der Waals surface area (Å²) in [7, 11) is 0. The Morgan fingerprint density at radius 1 is 1.11 bits per heavy atom. The van der Waals surface area contributed by atoms with Crippen molar-refractivity contribution in [2.24, 2.45) is 5.41 Å². The summed E-state index contributed by atoms with van der Waals surface area (Å²) in [5.41, 5.74) is 4.70. The molecule has 1 fully saturated rings. The first-order chi connectivity index (χ1) is 17.0. The number of alkyl halides is 3. The van der Waals surface area contributed by atoms with Gasteiger partial charge >= 0.3 is 6.18 Å². The second kappa shape index (κ2) is 9.56. The molecule has 4 rings (SSSR count). The predicted octanol–water partition coefficient (Wildman–Crippen LogP) is 4.94. The molecule has 36 heavy (non-hydrogen) atoms. The lowest BCUT2D eigenvalue weighted by Gasteiger charge is -2.16. The van der Waals surface area contributed by atoms with Gasteiger partial charge in [-0.15, -0.1) is 0 Å². The normalized spacial score (nSPS) is 14.2. The molecule has 0 bridgehead atoms. The third kappa shape index (κ3) is 5.61. The lowest BCUT2D eigenvalue weighted by molar-refractivity contribution is -0.137. The van der Waals surface area contributed by atoms with E-state index in [1.807, 2.05) is 0 Å². The highest BCUT2D eigenvalue weighted by Crippen LogP contribution is 2.49. The van der Waals surface area contributed by atoms with Crippen LogP contribution in [-0.2, 0) is 17.5 Å². The third-order valence-electron chi connectivity index (χ3n) is 6.01. The maximum Gasteiger partial charge on any atom is 0.418 e. The number of hydrogen-bond donors (Lipinski definition) is 3. The molecule has 0 spiro atoms. The van der Waals surface area contributed by atoms with Crippen LogP contribution in [0.5, 0.6) is 0 Å². The molecule has 0 radical (unpaired) electrons. The quantitative estimate of drug-likeness (QED) is 0.298. The van der Waals surface area contributed by atoms with E-state index in [4.69, 9.17) is 5.73 Å². The van der Waals surface area contributed by atoms with Crippen molar-refractivity contribution >= 4 is 28.8 Å². The van der Waals surface area contributed by atoms with Gasteiger partial charge in [0.05, 0.1) is 46.5 Å². The van der Waals surface area contributed by atoms with E-state index in [0.29, 0.717) is 29.7 Å². The van der Waals surface area contributed by atoms with Crippen LogP contribution in [0.25, 0.3) is 0 Å². The summed E-state index contributed by atoms with van der Waals surface area (Å²) in [6.45, 7) is 1.30. The molecule has 188 valence electrons. The number of nitrogens with zero attached hydrogens (tertiary/aromatic N) is 2. The predicted molar refractivity (Wildman–Crippen MR) is 125 cm³/mol. The molecule has 1 saturated carbocycles. The molecule has 1 amide bonds. The van der Waals surface area contributed by atoms with Crippen LogP contribution >= 0.6 is 0 Å². The lowest BCUT2D eigenvalue weighted by atomic mass is 9.95. The van der Waals surface area contributed by atoms with Crippen molar-refractivity contribution in [3.8, 4) is 0 Å². The molecule has 0 aliphatic heterocycles. The maximum absolute atomic E-state index is 14.6. The molecule has 2 aromatic heterocycles. The number of benzene rings is 1. The van der Waals surface area contributed by atoms with E-state index in [-0.39, 0.29) is 35.8 Å². The number of aryl methyl sites for hydroxylation is 1. The van der Waals surface area contributed by atoms with Crippen molar-refractivity contribution in [3.05, 3.63) is 77.1 Å². The Labute approximate surface area is 204 Å². The number of ketones is 1. The molecular formula is C25H23F4N5O2. The minimum Gasteiger partial charge on any atom is -0.397 e. The molecule has 3 aromatic rings. The van der Waals surface area contributed by atoms with Gasteiger partial charge in [-0.3, -0.25) is 19.6 Å². The summed E-state index contributed by atoms with van der Waals surface area (Å²) in [5, 5.41) is 5.17. The number of halogens is 4. The SMILES string of the molecule is Cc1ccc(Nc2cnc(CNC(=O)C3(CC(=O)c4cncc(N)c4)CC3)c(F)c2)c(C(F)(F)F)c1. The number of amides is 1. The Hall–Kier alpha value is -4.02. The smallest absolute Gasteiger partial charge is 0.397 e. The Kier molecular flexibility index (Phi) is 6.66. The highest BCUT2D eigenvalue weighted by atomic mass is 19.4. The number of Topliss-reactive ketones (excluding diaryl/α,β-unsaturated/α-hetero) is 1. The summed E-state index contributed by atoms with van der Waals surface area (Å²) in [6.07, 6.45) is 0.391. The topological polar surface area (TPSA) is 110 Å². The lowest BCUT2D eigenvalue weighted by Crippen LogP contribution is -2.33. The largest absolute Gasteiger partial charge is 0.418 e. The molecule has 4 N–H and O–H groups in total.